The Morgan fingerprint density at radius 1 is 1.08 bits per heavy atom. The summed E-state index contributed by atoms with van der Waals surface area (Å²) in [6, 6.07) is 16.2. The van der Waals surface area contributed by atoms with Crippen LogP contribution >= 0.6 is 0 Å². The smallest absolute Gasteiger partial charge is 0.326 e. The van der Waals surface area contributed by atoms with E-state index in [4.69, 9.17) is 4.74 Å². The van der Waals surface area contributed by atoms with Crippen LogP contribution in [0.3, 0.4) is 0 Å². The molecule has 4 nitrogen and oxygen atoms in total. The van der Waals surface area contributed by atoms with Crippen molar-refractivity contribution in [1.82, 2.24) is 4.31 Å². The fourth-order valence-corrected chi connectivity index (χ4v) is 4.13. The van der Waals surface area contributed by atoms with Crippen LogP contribution in [0.1, 0.15) is 11.1 Å². The summed E-state index contributed by atoms with van der Waals surface area (Å²) >= 11 is 0. The van der Waals surface area contributed by atoms with E-state index in [1.54, 1.807) is 4.31 Å². The van der Waals surface area contributed by atoms with Gasteiger partial charge in [0.1, 0.15) is 17.0 Å². The molecule has 24 heavy (non-hydrogen) atoms. The van der Waals surface area contributed by atoms with Gasteiger partial charge < -0.3 is 4.74 Å². The average molecular weight is 341 g/mol. The van der Waals surface area contributed by atoms with Crippen molar-refractivity contribution in [2.45, 2.75) is 23.9 Å². The predicted molar refractivity (Wildman–Crippen MR) is 94.5 cm³/mol. The number of benzene rings is 2. The first-order valence-electron chi connectivity index (χ1n) is 7.63. The lowest BCUT2D eigenvalue weighted by atomic mass is 10.0. The van der Waals surface area contributed by atoms with Crippen molar-refractivity contribution in [3.05, 3.63) is 72.3 Å². The highest BCUT2D eigenvalue weighted by atomic mass is 32.2. The molecule has 1 aliphatic rings. The Kier molecular flexibility index (Phi) is 4.64. The third-order valence-electron chi connectivity index (χ3n) is 4.12. The van der Waals surface area contributed by atoms with E-state index in [-0.39, 0.29) is 6.04 Å². The monoisotopic (exact) mass is 341 g/mol. The van der Waals surface area contributed by atoms with E-state index in [9.17, 15) is 9.00 Å². The molecule has 2 aromatic carbocycles. The summed E-state index contributed by atoms with van der Waals surface area (Å²) < 4.78 is 19.4. The van der Waals surface area contributed by atoms with Gasteiger partial charge in [0.2, 0.25) is 0 Å². The first-order valence-corrected chi connectivity index (χ1v) is 8.74. The van der Waals surface area contributed by atoms with Gasteiger partial charge in [0.05, 0.1) is 18.0 Å². The third-order valence-corrected chi connectivity index (χ3v) is 5.63. The Morgan fingerprint density at radius 3 is 2.29 bits per heavy atom. The lowest BCUT2D eigenvalue weighted by Crippen LogP contribution is -2.16. The molecular formula is C19H19NO3S. The van der Waals surface area contributed by atoms with E-state index in [2.05, 4.69) is 6.58 Å². The van der Waals surface area contributed by atoms with Crippen LogP contribution in [0, 0.1) is 6.92 Å². The number of hydrogen-bond acceptors (Lipinski definition) is 3. The largest absolute Gasteiger partial charge is 0.468 e. The van der Waals surface area contributed by atoms with Gasteiger partial charge in [-0.15, -0.1) is 0 Å². The fourth-order valence-electron chi connectivity index (χ4n) is 2.71. The van der Waals surface area contributed by atoms with Crippen LogP contribution in [0.5, 0.6) is 0 Å². The van der Waals surface area contributed by atoms with Crippen molar-refractivity contribution in [2.24, 2.45) is 0 Å². The van der Waals surface area contributed by atoms with Gasteiger partial charge in [0.15, 0.2) is 0 Å². The van der Waals surface area contributed by atoms with E-state index in [0.29, 0.717) is 4.90 Å². The molecule has 1 heterocycles. The Labute approximate surface area is 144 Å². The summed E-state index contributed by atoms with van der Waals surface area (Å²) in [5.74, 6) is -0.391. The molecule has 1 aliphatic heterocycles. The van der Waals surface area contributed by atoms with Crippen LogP contribution < -0.4 is 0 Å². The van der Waals surface area contributed by atoms with Crippen LogP contribution in [0.2, 0.25) is 0 Å². The molecule has 1 saturated heterocycles. The second-order valence-corrected chi connectivity index (χ2v) is 7.12. The van der Waals surface area contributed by atoms with Crippen molar-refractivity contribution in [2.75, 3.05) is 7.11 Å². The predicted octanol–water partition coefficient (Wildman–Crippen LogP) is 2.96. The minimum atomic E-state index is -1.44. The minimum absolute atomic E-state index is 0.318. The molecule has 0 aromatic heterocycles. The summed E-state index contributed by atoms with van der Waals surface area (Å²) in [5, 5.41) is 0. The molecule has 0 saturated carbocycles. The zero-order valence-electron chi connectivity index (χ0n) is 13.6. The number of carbonyl (C=O) groups is 1. The fraction of sp³-hybridized carbons (Fsp3) is 0.211. The maximum Gasteiger partial charge on any atom is 0.326 e. The number of nitrogens with zero attached hydrogens (tertiary/aromatic N) is 1. The summed E-state index contributed by atoms with van der Waals surface area (Å²) in [7, 11) is -0.0941. The number of aryl methyl sites for hydroxylation is 1. The zero-order chi connectivity index (χ0) is 17.3. The Balaban J connectivity index is 1.88. The minimum Gasteiger partial charge on any atom is -0.468 e. The summed E-state index contributed by atoms with van der Waals surface area (Å²) in [6.45, 7) is 6.08. The van der Waals surface area contributed by atoms with E-state index in [1.807, 2.05) is 61.5 Å². The Hall–Kier alpha value is -2.24. The van der Waals surface area contributed by atoms with Gasteiger partial charge in [0.25, 0.3) is 0 Å². The molecule has 1 fully saturated rings. The topological polar surface area (TPSA) is 46.4 Å². The zero-order valence-corrected chi connectivity index (χ0v) is 14.5. The maximum atomic E-state index is 12.9. The van der Waals surface area contributed by atoms with Crippen LogP contribution in [0.25, 0.3) is 5.57 Å². The molecule has 2 unspecified atom stereocenters. The standard InChI is InChI=1S/C19H19NO3S/c1-13-9-11-16(12-10-13)24(22)20-17(18(20)19(21)23-3)14(2)15-7-5-4-6-8-15/h4-12,17-18H,2H2,1,3H3/t17-,18-,20?,24?/m0/s1. The second-order valence-electron chi connectivity index (χ2n) is 5.73. The number of methoxy groups -OCH3 is 1. The van der Waals surface area contributed by atoms with Crippen molar-refractivity contribution in [3.63, 3.8) is 0 Å². The Morgan fingerprint density at radius 2 is 1.71 bits per heavy atom. The molecule has 0 bridgehead atoms. The molecule has 0 N–H and O–H groups in total. The van der Waals surface area contributed by atoms with Gasteiger partial charge in [-0.1, -0.05) is 54.6 Å². The average Bonchev–Trinajstić information content (AvgIpc) is 3.36. The molecule has 0 spiro atoms. The van der Waals surface area contributed by atoms with Crippen molar-refractivity contribution < 1.29 is 13.7 Å². The van der Waals surface area contributed by atoms with Gasteiger partial charge >= 0.3 is 5.97 Å². The molecule has 2 aromatic rings. The molecule has 0 amide bonds. The molecular weight excluding hydrogens is 322 g/mol. The SMILES string of the molecule is C=C(c1ccccc1)[C@H]1[C@@H](C(=O)OC)N1S(=O)c1ccc(C)cc1. The van der Waals surface area contributed by atoms with Crippen molar-refractivity contribution in [3.8, 4) is 0 Å². The molecule has 124 valence electrons. The van der Waals surface area contributed by atoms with Crippen LogP contribution in [0.15, 0.2) is 66.1 Å². The maximum absolute atomic E-state index is 12.9. The molecule has 0 aliphatic carbocycles. The highest BCUT2D eigenvalue weighted by molar-refractivity contribution is 7.83. The van der Waals surface area contributed by atoms with Crippen LogP contribution in [0.4, 0.5) is 0 Å². The second kappa shape index (κ2) is 6.71. The number of esters is 1. The van der Waals surface area contributed by atoms with E-state index in [1.165, 1.54) is 7.11 Å². The first-order chi connectivity index (χ1) is 11.5. The highest BCUT2D eigenvalue weighted by Crippen LogP contribution is 2.42. The van der Waals surface area contributed by atoms with Gasteiger partial charge in [-0.05, 0) is 30.2 Å². The van der Waals surface area contributed by atoms with Crippen LogP contribution in [-0.4, -0.2) is 33.7 Å². The van der Waals surface area contributed by atoms with E-state index >= 15 is 0 Å². The number of ether oxygens (including phenoxy) is 1. The summed E-state index contributed by atoms with van der Waals surface area (Å²) in [5.41, 5.74) is 2.79. The van der Waals surface area contributed by atoms with Gasteiger partial charge in [0, 0.05) is 0 Å². The summed E-state index contributed by atoms with van der Waals surface area (Å²) in [4.78, 5) is 12.7. The first kappa shape index (κ1) is 16.6. The Bertz CT molecular complexity index is 786. The normalized spacial score (nSPS) is 23.3. The van der Waals surface area contributed by atoms with Gasteiger partial charge in [-0.2, -0.15) is 4.31 Å². The number of rotatable bonds is 5. The number of carbonyl (C=O) groups excluding carboxylic acids is 1. The lowest BCUT2D eigenvalue weighted by Gasteiger charge is -2.07. The number of hydrogen-bond donors (Lipinski definition) is 0. The molecule has 5 heteroatoms. The van der Waals surface area contributed by atoms with Crippen molar-refractivity contribution >= 4 is 22.5 Å². The lowest BCUT2D eigenvalue weighted by molar-refractivity contribution is -0.140. The molecule has 3 rings (SSSR count). The van der Waals surface area contributed by atoms with E-state index in [0.717, 1.165) is 16.7 Å². The third kappa shape index (κ3) is 3.05. The van der Waals surface area contributed by atoms with Crippen molar-refractivity contribution in [1.29, 1.82) is 0 Å². The van der Waals surface area contributed by atoms with Gasteiger partial charge in [-0.25, -0.2) is 4.21 Å². The van der Waals surface area contributed by atoms with Gasteiger partial charge in [-0.3, -0.25) is 4.79 Å². The van der Waals surface area contributed by atoms with Crippen LogP contribution in [-0.2, 0) is 20.5 Å². The quantitative estimate of drug-likeness (QED) is 0.620. The van der Waals surface area contributed by atoms with E-state index < -0.39 is 23.0 Å². The molecule has 4 atom stereocenters. The molecule has 0 radical (unpaired) electrons. The highest BCUT2D eigenvalue weighted by Gasteiger charge is 2.58. The summed E-state index contributed by atoms with van der Waals surface area (Å²) in [6.07, 6.45) is 0.